The molecule has 0 aromatic heterocycles. The molecule has 0 saturated carbocycles. The number of rotatable bonds is 2. The molecule has 13 heavy (non-hydrogen) atoms. The van der Waals surface area contributed by atoms with Gasteiger partial charge in [-0.15, -0.1) is 11.8 Å². The van der Waals surface area contributed by atoms with Crippen molar-refractivity contribution in [2.24, 2.45) is 5.73 Å². The number of nitrogens with two attached hydrogens (primary N) is 1. The minimum absolute atomic E-state index is 0.0823. The Hall–Kier alpha value is -0.970. The molecule has 0 heterocycles. The molecular formula is C11H12ClN. The van der Waals surface area contributed by atoms with Gasteiger partial charge in [0.15, 0.2) is 0 Å². The van der Waals surface area contributed by atoms with Gasteiger partial charge in [-0.1, -0.05) is 29.8 Å². The molecule has 0 aliphatic rings. The highest BCUT2D eigenvalue weighted by Gasteiger charge is 2.06. The molecule has 1 aromatic rings. The fourth-order valence-electron chi connectivity index (χ4n) is 1.10. The molecule has 1 atom stereocenters. The standard InChI is InChI=1S/C11H12ClN/c1-2-3-8-11(13)9-6-4-5-7-10(9)12/h4-7,11H,8,13H2,1H3. The zero-order valence-corrected chi connectivity index (χ0v) is 8.31. The molecule has 0 spiro atoms. The molecule has 1 nitrogen and oxygen atoms in total. The second kappa shape index (κ2) is 4.91. The van der Waals surface area contributed by atoms with Crippen molar-refractivity contribution >= 4 is 11.6 Å². The van der Waals surface area contributed by atoms with E-state index in [9.17, 15) is 0 Å². The Morgan fingerprint density at radius 2 is 2.15 bits per heavy atom. The van der Waals surface area contributed by atoms with E-state index in [0.29, 0.717) is 11.4 Å². The molecule has 68 valence electrons. The molecule has 0 radical (unpaired) electrons. The summed E-state index contributed by atoms with van der Waals surface area (Å²) in [7, 11) is 0. The van der Waals surface area contributed by atoms with E-state index in [0.717, 1.165) is 5.56 Å². The second-order valence-electron chi connectivity index (χ2n) is 2.76. The predicted molar refractivity (Wildman–Crippen MR) is 56.4 cm³/mol. The first-order valence-corrected chi connectivity index (χ1v) is 4.53. The lowest BCUT2D eigenvalue weighted by molar-refractivity contribution is 0.754. The van der Waals surface area contributed by atoms with Gasteiger partial charge in [0.05, 0.1) is 0 Å². The summed E-state index contributed by atoms with van der Waals surface area (Å²) in [4.78, 5) is 0. The third-order valence-electron chi connectivity index (χ3n) is 1.80. The fourth-order valence-corrected chi connectivity index (χ4v) is 1.37. The maximum Gasteiger partial charge on any atom is 0.0454 e. The molecule has 1 rings (SSSR count). The summed E-state index contributed by atoms with van der Waals surface area (Å²) in [5, 5.41) is 0.716. The molecule has 0 bridgehead atoms. The van der Waals surface area contributed by atoms with Crippen LogP contribution in [-0.2, 0) is 0 Å². The fraction of sp³-hybridized carbons (Fsp3) is 0.273. The van der Waals surface area contributed by atoms with E-state index in [-0.39, 0.29) is 6.04 Å². The molecule has 2 N–H and O–H groups in total. The normalized spacial score (nSPS) is 11.6. The van der Waals surface area contributed by atoms with Gasteiger partial charge in [0.25, 0.3) is 0 Å². The van der Waals surface area contributed by atoms with Crippen molar-refractivity contribution < 1.29 is 0 Å². The monoisotopic (exact) mass is 193 g/mol. The van der Waals surface area contributed by atoms with Gasteiger partial charge in [-0.3, -0.25) is 0 Å². The van der Waals surface area contributed by atoms with Crippen LogP contribution in [-0.4, -0.2) is 0 Å². The molecule has 0 amide bonds. The highest BCUT2D eigenvalue weighted by Crippen LogP contribution is 2.22. The smallest absolute Gasteiger partial charge is 0.0454 e. The maximum atomic E-state index is 5.97. The Balaban J connectivity index is 2.80. The lowest BCUT2D eigenvalue weighted by atomic mass is 10.1. The summed E-state index contributed by atoms with van der Waals surface area (Å²) in [5.74, 6) is 5.75. The first kappa shape index (κ1) is 10.1. The number of halogens is 1. The van der Waals surface area contributed by atoms with Crippen molar-refractivity contribution in [3.63, 3.8) is 0 Å². The first-order chi connectivity index (χ1) is 6.25. The van der Waals surface area contributed by atoms with Crippen LogP contribution in [0.3, 0.4) is 0 Å². The van der Waals surface area contributed by atoms with Gasteiger partial charge >= 0.3 is 0 Å². The zero-order valence-electron chi connectivity index (χ0n) is 7.55. The molecule has 0 aliphatic carbocycles. The third kappa shape index (κ3) is 2.77. The van der Waals surface area contributed by atoms with E-state index in [1.54, 1.807) is 6.92 Å². The molecule has 1 unspecified atom stereocenters. The van der Waals surface area contributed by atoms with Gasteiger partial charge in [0.1, 0.15) is 0 Å². The van der Waals surface area contributed by atoms with Crippen LogP contribution in [0.15, 0.2) is 24.3 Å². The SMILES string of the molecule is CC#CCC(N)c1ccccc1Cl. The Morgan fingerprint density at radius 3 is 2.77 bits per heavy atom. The van der Waals surface area contributed by atoms with Gasteiger partial charge in [0.2, 0.25) is 0 Å². The third-order valence-corrected chi connectivity index (χ3v) is 2.15. The van der Waals surface area contributed by atoms with Crippen LogP contribution in [0.2, 0.25) is 5.02 Å². The van der Waals surface area contributed by atoms with Crippen molar-refractivity contribution in [3.8, 4) is 11.8 Å². The van der Waals surface area contributed by atoms with Crippen LogP contribution in [0.25, 0.3) is 0 Å². The van der Waals surface area contributed by atoms with E-state index >= 15 is 0 Å². The van der Waals surface area contributed by atoms with E-state index in [2.05, 4.69) is 11.8 Å². The minimum Gasteiger partial charge on any atom is -0.323 e. The summed E-state index contributed by atoms with van der Waals surface area (Å²) in [6, 6.07) is 7.52. The highest BCUT2D eigenvalue weighted by atomic mass is 35.5. The van der Waals surface area contributed by atoms with Crippen molar-refractivity contribution in [1.29, 1.82) is 0 Å². The van der Waals surface area contributed by atoms with Crippen LogP contribution >= 0.6 is 11.6 Å². The van der Waals surface area contributed by atoms with Crippen LogP contribution in [0.1, 0.15) is 24.9 Å². The summed E-state index contributed by atoms with van der Waals surface area (Å²) in [6.07, 6.45) is 0.653. The summed E-state index contributed by atoms with van der Waals surface area (Å²) in [6.45, 7) is 1.80. The van der Waals surface area contributed by atoms with Gasteiger partial charge in [-0.2, -0.15) is 0 Å². The largest absolute Gasteiger partial charge is 0.323 e. The van der Waals surface area contributed by atoms with Crippen molar-refractivity contribution in [3.05, 3.63) is 34.9 Å². The van der Waals surface area contributed by atoms with E-state index in [4.69, 9.17) is 17.3 Å². The van der Waals surface area contributed by atoms with Crippen molar-refractivity contribution in [2.45, 2.75) is 19.4 Å². The summed E-state index contributed by atoms with van der Waals surface area (Å²) >= 11 is 5.97. The highest BCUT2D eigenvalue weighted by molar-refractivity contribution is 6.31. The Bertz CT molecular complexity index is 335. The molecule has 0 aliphatic heterocycles. The molecular weight excluding hydrogens is 182 g/mol. The minimum atomic E-state index is -0.0823. The summed E-state index contributed by atoms with van der Waals surface area (Å²) < 4.78 is 0. The Morgan fingerprint density at radius 1 is 1.46 bits per heavy atom. The lowest BCUT2D eigenvalue weighted by Crippen LogP contribution is -2.09. The van der Waals surface area contributed by atoms with E-state index in [1.165, 1.54) is 0 Å². The lowest BCUT2D eigenvalue weighted by Gasteiger charge is -2.09. The topological polar surface area (TPSA) is 26.0 Å². The Labute approximate surface area is 83.9 Å². The predicted octanol–water partition coefficient (Wildman–Crippen LogP) is 2.75. The molecule has 1 aromatic carbocycles. The first-order valence-electron chi connectivity index (χ1n) is 4.15. The average molecular weight is 194 g/mol. The van der Waals surface area contributed by atoms with Crippen molar-refractivity contribution in [1.82, 2.24) is 0 Å². The average Bonchev–Trinajstić information content (AvgIpc) is 2.15. The van der Waals surface area contributed by atoms with Crippen LogP contribution in [0, 0.1) is 11.8 Å². The quantitative estimate of drug-likeness (QED) is 0.719. The van der Waals surface area contributed by atoms with Crippen molar-refractivity contribution in [2.75, 3.05) is 0 Å². The van der Waals surface area contributed by atoms with Gasteiger partial charge in [0, 0.05) is 17.5 Å². The number of hydrogen-bond donors (Lipinski definition) is 1. The number of hydrogen-bond acceptors (Lipinski definition) is 1. The maximum absolute atomic E-state index is 5.97. The van der Waals surface area contributed by atoms with Crippen LogP contribution in [0.5, 0.6) is 0 Å². The Kier molecular flexibility index (Phi) is 3.82. The molecule has 2 heteroatoms. The number of benzene rings is 1. The summed E-state index contributed by atoms with van der Waals surface area (Å²) in [5.41, 5.74) is 6.86. The van der Waals surface area contributed by atoms with Gasteiger partial charge in [-0.25, -0.2) is 0 Å². The molecule has 0 fully saturated rings. The van der Waals surface area contributed by atoms with Crippen LogP contribution in [0.4, 0.5) is 0 Å². The van der Waals surface area contributed by atoms with E-state index in [1.807, 2.05) is 24.3 Å². The van der Waals surface area contributed by atoms with E-state index < -0.39 is 0 Å². The van der Waals surface area contributed by atoms with Gasteiger partial charge in [-0.05, 0) is 18.6 Å². The van der Waals surface area contributed by atoms with Crippen LogP contribution < -0.4 is 5.73 Å². The second-order valence-corrected chi connectivity index (χ2v) is 3.17. The van der Waals surface area contributed by atoms with Gasteiger partial charge < -0.3 is 5.73 Å². The molecule has 0 saturated heterocycles. The zero-order chi connectivity index (χ0) is 9.68.